The van der Waals surface area contributed by atoms with Crippen molar-refractivity contribution in [3.63, 3.8) is 0 Å². The van der Waals surface area contributed by atoms with Crippen molar-refractivity contribution in [1.82, 2.24) is 0 Å². The highest BCUT2D eigenvalue weighted by Crippen LogP contribution is 2.16. The van der Waals surface area contributed by atoms with Gasteiger partial charge >= 0.3 is 0 Å². The fourth-order valence-electron chi connectivity index (χ4n) is 1.88. The molecular weight excluding hydrogens is 250 g/mol. The summed E-state index contributed by atoms with van der Waals surface area (Å²) in [6.45, 7) is 1.81. The lowest BCUT2D eigenvalue weighted by Crippen LogP contribution is -2.00. The summed E-state index contributed by atoms with van der Waals surface area (Å²) in [6.07, 6.45) is 1.86. The second kappa shape index (κ2) is 6.06. The lowest BCUT2D eigenvalue weighted by atomic mass is 10.0. The zero-order valence-electron chi connectivity index (χ0n) is 11.6. The number of benzene rings is 2. The average molecular weight is 267 g/mol. The predicted molar refractivity (Wildman–Crippen MR) is 81.8 cm³/mol. The molecule has 0 amide bonds. The number of allylic oxidation sites excluding steroid dienone is 1. The summed E-state index contributed by atoms with van der Waals surface area (Å²) in [6, 6.07) is 14.5. The molecule has 0 spiro atoms. The van der Waals surface area contributed by atoms with Gasteiger partial charge in [-0.15, -0.1) is 0 Å². The zero-order valence-corrected chi connectivity index (χ0v) is 11.6. The van der Waals surface area contributed by atoms with E-state index in [9.17, 15) is 4.79 Å². The number of hydrogen-bond donors (Lipinski definition) is 1. The van der Waals surface area contributed by atoms with E-state index in [2.05, 4.69) is 0 Å². The summed E-state index contributed by atoms with van der Waals surface area (Å²) in [5, 5.41) is 0. The van der Waals surface area contributed by atoms with Crippen LogP contribution in [-0.2, 0) is 0 Å². The molecule has 0 aliphatic rings. The third-order valence-electron chi connectivity index (χ3n) is 3.03. The van der Waals surface area contributed by atoms with Crippen LogP contribution >= 0.6 is 0 Å². The first kappa shape index (κ1) is 13.9. The van der Waals surface area contributed by atoms with Crippen molar-refractivity contribution in [2.75, 3.05) is 12.8 Å². The van der Waals surface area contributed by atoms with Gasteiger partial charge < -0.3 is 10.5 Å². The Balaban J connectivity index is 2.20. The number of methoxy groups -OCH3 is 1. The number of hydrogen-bond acceptors (Lipinski definition) is 3. The van der Waals surface area contributed by atoms with E-state index in [1.165, 1.54) is 0 Å². The maximum Gasteiger partial charge on any atom is 0.188 e. The third kappa shape index (κ3) is 3.26. The molecule has 0 aliphatic carbocycles. The molecule has 2 rings (SSSR count). The molecule has 0 radical (unpaired) electrons. The standard InChI is InChI=1S/C17H17NO2/c1-12(11-13-3-9-16(20-2)10-4-13)17(19)14-5-7-15(18)8-6-14/h3-11H,18H2,1-2H3/b12-11-. The van der Waals surface area contributed by atoms with Gasteiger partial charge in [0.1, 0.15) is 5.75 Å². The number of ether oxygens (including phenoxy) is 1. The van der Waals surface area contributed by atoms with Gasteiger partial charge in [-0.3, -0.25) is 4.79 Å². The minimum Gasteiger partial charge on any atom is -0.497 e. The van der Waals surface area contributed by atoms with Crippen LogP contribution in [-0.4, -0.2) is 12.9 Å². The van der Waals surface area contributed by atoms with Crippen LogP contribution < -0.4 is 10.5 Å². The molecule has 0 saturated heterocycles. The van der Waals surface area contributed by atoms with E-state index in [0.29, 0.717) is 16.8 Å². The van der Waals surface area contributed by atoms with Crippen LogP contribution in [0.15, 0.2) is 54.1 Å². The fraction of sp³-hybridized carbons (Fsp3) is 0.118. The van der Waals surface area contributed by atoms with Gasteiger partial charge in [0.05, 0.1) is 7.11 Å². The van der Waals surface area contributed by atoms with Crippen molar-refractivity contribution in [1.29, 1.82) is 0 Å². The normalized spacial score (nSPS) is 11.2. The van der Waals surface area contributed by atoms with Gasteiger partial charge in [-0.1, -0.05) is 12.1 Å². The van der Waals surface area contributed by atoms with Gasteiger partial charge in [-0.05, 0) is 60.5 Å². The molecule has 20 heavy (non-hydrogen) atoms. The number of nitrogens with two attached hydrogens (primary N) is 1. The second-order valence-corrected chi connectivity index (χ2v) is 4.55. The van der Waals surface area contributed by atoms with Gasteiger partial charge in [0.15, 0.2) is 5.78 Å². The summed E-state index contributed by atoms with van der Waals surface area (Å²) in [4.78, 5) is 12.2. The first-order valence-electron chi connectivity index (χ1n) is 6.33. The Labute approximate surface area is 118 Å². The van der Waals surface area contributed by atoms with E-state index in [-0.39, 0.29) is 5.78 Å². The lowest BCUT2D eigenvalue weighted by molar-refractivity contribution is 0.103. The number of Topliss-reactive ketones (excluding diaryl/α,β-unsaturated/α-hetero) is 1. The van der Waals surface area contributed by atoms with Gasteiger partial charge in [0.25, 0.3) is 0 Å². The third-order valence-corrected chi connectivity index (χ3v) is 3.03. The number of ketones is 1. The summed E-state index contributed by atoms with van der Waals surface area (Å²) in [5.41, 5.74) is 8.55. The molecule has 0 unspecified atom stereocenters. The number of rotatable bonds is 4. The Kier molecular flexibility index (Phi) is 4.20. The molecule has 0 aromatic heterocycles. The highest BCUT2D eigenvalue weighted by molar-refractivity contribution is 6.10. The molecule has 0 atom stereocenters. The van der Waals surface area contributed by atoms with Crippen molar-refractivity contribution in [3.8, 4) is 5.75 Å². The van der Waals surface area contributed by atoms with Crippen molar-refractivity contribution in [2.45, 2.75) is 6.92 Å². The lowest BCUT2D eigenvalue weighted by Gasteiger charge is -2.03. The van der Waals surface area contributed by atoms with Crippen LogP contribution in [0.1, 0.15) is 22.8 Å². The molecule has 2 aromatic carbocycles. The van der Waals surface area contributed by atoms with Gasteiger partial charge in [-0.2, -0.15) is 0 Å². The van der Waals surface area contributed by atoms with E-state index < -0.39 is 0 Å². The number of carbonyl (C=O) groups is 1. The summed E-state index contributed by atoms with van der Waals surface area (Å²) in [7, 11) is 1.63. The van der Waals surface area contributed by atoms with Crippen molar-refractivity contribution < 1.29 is 9.53 Å². The van der Waals surface area contributed by atoms with Gasteiger partial charge in [0.2, 0.25) is 0 Å². The van der Waals surface area contributed by atoms with Crippen molar-refractivity contribution >= 4 is 17.5 Å². The first-order valence-corrected chi connectivity index (χ1v) is 6.33. The van der Waals surface area contributed by atoms with Crippen LogP contribution in [0.3, 0.4) is 0 Å². The van der Waals surface area contributed by atoms with Crippen molar-refractivity contribution in [2.24, 2.45) is 0 Å². The van der Waals surface area contributed by atoms with E-state index in [0.717, 1.165) is 11.3 Å². The van der Waals surface area contributed by atoms with E-state index in [1.54, 1.807) is 31.4 Å². The van der Waals surface area contributed by atoms with Gasteiger partial charge in [-0.25, -0.2) is 0 Å². The molecule has 102 valence electrons. The van der Waals surface area contributed by atoms with Crippen LogP contribution in [0.25, 0.3) is 6.08 Å². The zero-order chi connectivity index (χ0) is 14.5. The summed E-state index contributed by atoms with van der Waals surface area (Å²) < 4.78 is 5.10. The fourth-order valence-corrected chi connectivity index (χ4v) is 1.88. The van der Waals surface area contributed by atoms with E-state index >= 15 is 0 Å². The summed E-state index contributed by atoms with van der Waals surface area (Å²) in [5.74, 6) is 0.797. The van der Waals surface area contributed by atoms with Crippen molar-refractivity contribution in [3.05, 3.63) is 65.2 Å². The first-order chi connectivity index (χ1) is 9.60. The predicted octanol–water partition coefficient (Wildman–Crippen LogP) is 3.56. The van der Waals surface area contributed by atoms with Gasteiger partial charge in [0, 0.05) is 11.3 Å². The van der Waals surface area contributed by atoms with Crippen LogP contribution in [0, 0.1) is 0 Å². The van der Waals surface area contributed by atoms with Crippen LogP contribution in [0.5, 0.6) is 5.75 Å². The molecule has 0 fully saturated rings. The maximum absolute atomic E-state index is 12.2. The Morgan fingerprint density at radius 2 is 1.65 bits per heavy atom. The highest BCUT2D eigenvalue weighted by atomic mass is 16.5. The SMILES string of the molecule is COc1ccc(/C=C(/C)C(=O)c2ccc(N)cc2)cc1. The second-order valence-electron chi connectivity index (χ2n) is 4.55. The highest BCUT2D eigenvalue weighted by Gasteiger charge is 2.07. The number of carbonyl (C=O) groups excluding carboxylic acids is 1. The molecule has 0 heterocycles. The summed E-state index contributed by atoms with van der Waals surface area (Å²) >= 11 is 0. The Hall–Kier alpha value is -2.55. The smallest absolute Gasteiger partial charge is 0.188 e. The Morgan fingerprint density at radius 3 is 2.20 bits per heavy atom. The molecule has 0 bridgehead atoms. The molecular formula is C17H17NO2. The largest absolute Gasteiger partial charge is 0.497 e. The monoisotopic (exact) mass is 267 g/mol. The Bertz CT molecular complexity index is 625. The molecule has 2 aromatic rings. The minimum absolute atomic E-state index is 0.000757. The minimum atomic E-state index is 0.000757. The average Bonchev–Trinajstić information content (AvgIpc) is 2.48. The number of nitrogen functional groups attached to an aromatic ring is 1. The molecule has 0 saturated carbocycles. The quantitative estimate of drug-likeness (QED) is 0.523. The molecule has 3 nitrogen and oxygen atoms in total. The maximum atomic E-state index is 12.2. The van der Waals surface area contributed by atoms with E-state index in [4.69, 9.17) is 10.5 Å². The van der Waals surface area contributed by atoms with Crippen LogP contribution in [0.2, 0.25) is 0 Å². The van der Waals surface area contributed by atoms with Crippen LogP contribution in [0.4, 0.5) is 5.69 Å². The topological polar surface area (TPSA) is 52.3 Å². The number of anilines is 1. The van der Waals surface area contributed by atoms with E-state index in [1.807, 2.05) is 37.3 Å². The molecule has 0 aliphatic heterocycles. The molecule has 2 N–H and O–H groups in total. The molecule has 3 heteroatoms. The Morgan fingerprint density at radius 1 is 1.05 bits per heavy atom.